The number of carbonyl (C=O) groups excluding carboxylic acids is 1. The van der Waals surface area contributed by atoms with Crippen LogP contribution < -0.4 is 10.6 Å². The Kier molecular flexibility index (Phi) is 4.34. The van der Waals surface area contributed by atoms with Crippen LogP contribution in [0.3, 0.4) is 0 Å². The highest BCUT2D eigenvalue weighted by atomic mass is 19.1. The van der Waals surface area contributed by atoms with E-state index in [1.165, 1.54) is 6.07 Å². The maximum atomic E-state index is 13.1. The summed E-state index contributed by atoms with van der Waals surface area (Å²) >= 11 is 0. The third-order valence-electron chi connectivity index (χ3n) is 2.94. The third-order valence-corrected chi connectivity index (χ3v) is 2.94. The van der Waals surface area contributed by atoms with E-state index in [0.29, 0.717) is 12.1 Å². The summed E-state index contributed by atoms with van der Waals surface area (Å²) in [6, 6.07) is 5.00. The predicted octanol–water partition coefficient (Wildman–Crippen LogP) is 1.69. The first-order valence-electron chi connectivity index (χ1n) is 6.30. The first-order valence-corrected chi connectivity index (χ1v) is 6.30. The molecule has 0 saturated heterocycles. The van der Waals surface area contributed by atoms with E-state index in [1.807, 2.05) is 0 Å². The van der Waals surface area contributed by atoms with Crippen molar-refractivity contribution < 1.29 is 9.18 Å². The zero-order valence-electron chi connectivity index (χ0n) is 11.5. The molecule has 1 heterocycles. The average molecular weight is 276 g/mol. The van der Waals surface area contributed by atoms with Crippen LogP contribution in [0.5, 0.6) is 0 Å². The molecule has 5 nitrogen and oxygen atoms in total. The lowest BCUT2D eigenvalue weighted by atomic mass is 10.1. The summed E-state index contributed by atoms with van der Waals surface area (Å²) < 4.78 is 14.7. The molecule has 0 aliphatic carbocycles. The molecule has 0 aliphatic rings. The molecule has 1 aromatic carbocycles. The number of likely N-dealkylation sites (N-methyl/N-ethyl adjacent to an activating group) is 1. The number of amides is 1. The highest BCUT2D eigenvalue weighted by Gasteiger charge is 2.03. The first kappa shape index (κ1) is 14.0. The largest absolute Gasteiger partial charge is 0.378 e. The second kappa shape index (κ2) is 6.18. The number of hydrogen-bond acceptors (Lipinski definition) is 3. The molecule has 0 bridgehead atoms. The van der Waals surface area contributed by atoms with Gasteiger partial charge in [0.15, 0.2) is 0 Å². The number of halogens is 1. The van der Waals surface area contributed by atoms with E-state index >= 15 is 0 Å². The van der Waals surface area contributed by atoms with Crippen molar-refractivity contribution in [3.8, 4) is 0 Å². The molecule has 0 saturated carbocycles. The summed E-state index contributed by atoms with van der Waals surface area (Å²) in [4.78, 5) is 11.2. The Morgan fingerprint density at radius 1 is 1.45 bits per heavy atom. The summed E-state index contributed by atoms with van der Waals surface area (Å²) in [6.45, 7) is 2.50. The van der Waals surface area contributed by atoms with Crippen molar-refractivity contribution in [1.29, 1.82) is 0 Å². The molecule has 0 unspecified atom stereocenters. The summed E-state index contributed by atoms with van der Waals surface area (Å²) in [7, 11) is 1.59. The molecule has 0 atom stereocenters. The van der Waals surface area contributed by atoms with E-state index in [-0.39, 0.29) is 18.3 Å². The zero-order valence-corrected chi connectivity index (χ0v) is 11.5. The van der Waals surface area contributed by atoms with Gasteiger partial charge in [0.25, 0.3) is 0 Å². The van der Waals surface area contributed by atoms with Crippen molar-refractivity contribution in [2.75, 3.05) is 12.4 Å². The molecular weight excluding hydrogens is 259 g/mol. The summed E-state index contributed by atoms with van der Waals surface area (Å²) in [5.41, 5.74) is 2.43. The van der Waals surface area contributed by atoms with Crippen LogP contribution in [0.4, 0.5) is 10.1 Å². The number of carbonyl (C=O) groups is 1. The standard InChI is InChI=1S/C14H17FN4O/c1-10-5-11(3-4-13(10)15)6-17-12-7-18-19(8-12)9-14(20)16-2/h3-5,7-8,17H,6,9H2,1-2H3,(H,16,20). The molecule has 1 amide bonds. The maximum Gasteiger partial charge on any atom is 0.241 e. The number of aromatic nitrogens is 2. The molecule has 0 aliphatic heterocycles. The molecule has 2 aromatic rings. The number of anilines is 1. The van der Waals surface area contributed by atoms with Gasteiger partial charge < -0.3 is 10.6 Å². The molecule has 0 fully saturated rings. The molecule has 2 rings (SSSR count). The van der Waals surface area contributed by atoms with Gasteiger partial charge >= 0.3 is 0 Å². The Morgan fingerprint density at radius 2 is 2.25 bits per heavy atom. The smallest absolute Gasteiger partial charge is 0.241 e. The highest BCUT2D eigenvalue weighted by molar-refractivity contribution is 5.75. The van der Waals surface area contributed by atoms with Gasteiger partial charge in [-0.25, -0.2) is 4.39 Å². The van der Waals surface area contributed by atoms with Gasteiger partial charge in [-0.15, -0.1) is 0 Å². The second-order valence-corrected chi connectivity index (χ2v) is 4.54. The van der Waals surface area contributed by atoms with Gasteiger partial charge in [-0.05, 0) is 24.1 Å². The molecule has 2 N–H and O–H groups in total. The lowest BCUT2D eigenvalue weighted by molar-refractivity contribution is -0.121. The van der Waals surface area contributed by atoms with E-state index in [4.69, 9.17) is 0 Å². The van der Waals surface area contributed by atoms with Crippen molar-refractivity contribution in [1.82, 2.24) is 15.1 Å². The Bertz CT molecular complexity index is 609. The normalized spacial score (nSPS) is 10.3. The van der Waals surface area contributed by atoms with Crippen molar-refractivity contribution in [3.63, 3.8) is 0 Å². The van der Waals surface area contributed by atoms with Crippen LogP contribution in [0.15, 0.2) is 30.6 Å². The van der Waals surface area contributed by atoms with E-state index in [1.54, 1.807) is 43.2 Å². The number of hydrogen-bond donors (Lipinski definition) is 2. The van der Waals surface area contributed by atoms with E-state index in [9.17, 15) is 9.18 Å². The second-order valence-electron chi connectivity index (χ2n) is 4.54. The maximum absolute atomic E-state index is 13.1. The van der Waals surface area contributed by atoms with Gasteiger partial charge in [-0.3, -0.25) is 9.48 Å². The minimum Gasteiger partial charge on any atom is -0.378 e. The number of nitrogens with zero attached hydrogens (tertiary/aromatic N) is 2. The van der Waals surface area contributed by atoms with Crippen molar-refractivity contribution >= 4 is 11.6 Å². The topological polar surface area (TPSA) is 59.0 Å². The molecule has 1 aromatic heterocycles. The molecule has 0 spiro atoms. The number of benzene rings is 1. The van der Waals surface area contributed by atoms with Crippen LogP contribution in [0.2, 0.25) is 0 Å². The molecule has 0 radical (unpaired) electrons. The summed E-state index contributed by atoms with van der Waals surface area (Å²) in [5.74, 6) is -0.305. The van der Waals surface area contributed by atoms with E-state index < -0.39 is 0 Å². The number of aryl methyl sites for hydroxylation is 1. The number of rotatable bonds is 5. The fourth-order valence-corrected chi connectivity index (χ4v) is 1.79. The molecule has 106 valence electrons. The minimum absolute atomic E-state index is 0.103. The molecule has 20 heavy (non-hydrogen) atoms. The van der Waals surface area contributed by atoms with Gasteiger partial charge in [0.05, 0.1) is 11.9 Å². The van der Waals surface area contributed by atoms with Gasteiger partial charge in [0.1, 0.15) is 12.4 Å². The van der Waals surface area contributed by atoms with Crippen LogP contribution in [0, 0.1) is 12.7 Å². The van der Waals surface area contributed by atoms with Crippen molar-refractivity contribution in [3.05, 3.63) is 47.5 Å². The summed E-state index contributed by atoms with van der Waals surface area (Å²) in [6.07, 6.45) is 3.41. The van der Waals surface area contributed by atoms with Gasteiger partial charge in [-0.2, -0.15) is 5.10 Å². The quantitative estimate of drug-likeness (QED) is 0.873. The van der Waals surface area contributed by atoms with Crippen LogP contribution in [-0.2, 0) is 17.9 Å². The van der Waals surface area contributed by atoms with E-state index in [0.717, 1.165) is 11.3 Å². The lowest BCUT2D eigenvalue weighted by Crippen LogP contribution is -2.23. The van der Waals surface area contributed by atoms with Gasteiger partial charge in [0, 0.05) is 19.8 Å². The Labute approximate surface area is 116 Å². The monoisotopic (exact) mass is 276 g/mol. The van der Waals surface area contributed by atoms with Crippen molar-refractivity contribution in [2.24, 2.45) is 0 Å². The van der Waals surface area contributed by atoms with Crippen LogP contribution in [0.1, 0.15) is 11.1 Å². The highest BCUT2D eigenvalue weighted by Crippen LogP contribution is 2.12. The first-order chi connectivity index (χ1) is 9.58. The van der Waals surface area contributed by atoms with Crippen LogP contribution in [-0.4, -0.2) is 22.7 Å². The molecular formula is C14H17FN4O. The van der Waals surface area contributed by atoms with Crippen LogP contribution >= 0.6 is 0 Å². The predicted molar refractivity (Wildman–Crippen MR) is 74.8 cm³/mol. The Balaban J connectivity index is 1.93. The van der Waals surface area contributed by atoms with Crippen LogP contribution in [0.25, 0.3) is 0 Å². The Morgan fingerprint density at radius 3 is 2.95 bits per heavy atom. The minimum atomic E-state index is -0.202. The van der Waals surface area contributed by atoms with Gasteiger partial charge in [0.2, 0.25) is 5.91 Å². The zero-order chi connectivity index (χ0) is 14.5. The fraction of sp³-hybridized carbons (Fsp3) is 0.286. The SMILES string of the molecule is CNC(=O)Cn1cc(NCc2ccc(F)c(C)c2)cn1. The Hall–Kier alpha value is -2.37. The number of nitrogens with one attached hydrogen (secondary N) is 2. The molecule has 6 heteroatoms. The average Bonchev–Trinajstić information content (AvgIpc) is 2.87. The summed E-state index contributed by atoms with van der Waals surface area (Å²) in [5, 5.41) is 9.80. The van der Waals surface area contributed by atoms with Crippen molar-refractivity contribution in [2.45, 2.75) is 20.0 Å². The van der Waals surface area contributed by atoms with E-state index in [2.05, 4.69) is 15.7 Å². The lowest BCUT2D eigenvalue weighted by Gasteiger charge is -2.05. The third kappa shape index (κ3) is 3.57. The van der Waals surface area contributed by atoms with Gasteiger partial charge in [-0.1, -0.05) is 12.1 Å². The fourth-order valence-electron chi connectivity index (χ4n) is 1.79.